The quantitative estimate of drug-likeness (QED) is 0.699. The Morgan fingerprint density at radius 1 is 1.07 bits per heavy atom. The highest BCUT2D eigenvalue weighted by Crippen LogP contribution is 2.25. The van der Waals surface area contributed by atoms with Crippen LogP contribution in [0, 0.1) is 0 Å². The zero-order valence-electron chi connectivity index (χ0n) is 17.4. The lowest BCUT2D eigenvalue weighted by atomic mass is 10.1. The van der Waals surface area contributed by atoms with Gasteiger partial charge in [-0.1, -0.05) is 13.0 Å². The number of thiophene rings is 1. The summed E-state index contributed by atoms with van der Waals surface area (Å²) in [6, 6.07) is 9.61. The molecule has 6 nitrogen and oxygen atoms in total. The number of likely N-dealkylation sites (N-methyl/N-ethyl adjacent to an activating group) is 1. The molecule has 1 N–H and O–H groups in total. The minimum atomic E-state index is -0.0253. The van der Waals surface area contributed by atoms with Gasteiger partial charge in [-0.2, -0.15) is 0 Å². The summed E-state index contributed by atoms with van der Waals surface area (Å²) in [6.07, 6.45) is 0.427. The summed E-state index contributed by atoms with van der Waals surface area (Å²) < 4.78 is 0. The van der Waals surface area contributed by atoms with Gasteiger partial charge in [0.2, 0.25) is 5.91 Å². The van der Waals surface area contributed by atoms with E-state index in [2.05, 4.69) is 10.2 Å². The van der Waals surface area contributed by atoms with Crippen molar-refractivity contribution in [3.8, 4) is 0 Å². The van der Waals surface area contributed by atoms with Gasteiger partial charge < -0.3 is 20.0 Å². The maximum absolute atomic E-state index is 13.0. The van der Waals surface area contributed by atoms with Crippen LogP contribution in [0.1, 0.15) is 28.6 Å². The molecule has 0 bridgehead atoms. The van der Waals surface area contributed by atoms with Crippen molar-refractivity contribution in [3.63, 3.8) is 0 Å². The monoisotopic (exact) mass is 402 g/mol. The molecule has 0 fully saturated rings. The molecule has 2 amide bonds. The van der Waals surface area contributed by atoms with Crippen LogP contribution >= 0.6 is 11.3 Å². The van der Waals surface area contributed by atoms with E-state index >= 15 is 0 Å². The van der Waals surface area contributed by atoms with Crippen LogP contribution in [0.2, 0.25) is 0 Å². The lowest BCUT2D eigenvalue weighted by Gasteiger charge is -2.27. The van der Waals surface area contributed by atoms with Crippen LogP contribution in [-0.4, -0.2) is 62.9 Å². The molecular weight excluding hydrogens is 372 g/mol. The molecule has 0 unspecified atom stereocenters. The number of amides is 2. The van der Waals surface area contributed by atoms with E-state index in [0.29, 0.717) is 19.5 Å². The van der Waals surface area contributed by atoms with E-state index in [0.717, 1.165) is 28.4 Å². The number of hydrogen-bond donors (Lipinski definition) is 1. The van der Waals surface area contributed by atoms with E-state index in [-0.39, 0.29) is 11.8 Å². The summed E-state index contributed by atoms with van der Waals surface area (Å²) in [5, 5.41) is 4.83. The Morgan fingerprint density at radius 2 is 1.82 bits per heavy atom. The molecule has 152 valence electrons. The van der Waals surface area contributed by atoms with E-state index in [1.807, 2.05) is 80.6 Å². The highest BCUT2D eigenvalue weighted by Gasteiger charge is 2.19. The van der Waals surface area contributed by atoms with E-state index in [9.17, 15) is 9.59 Å². The summed E-state index contributed by atoms with van der Waals surface area (Å²) in [6.45, 7) is 3.71. The predicted molar refractivity (Wildman–Crippen MR) is 117 cm³/mol. The van der Waals surface area contributed by atoms with Crippen LogP contribution in [0.25, 0.3) is 0 Å². The van der Waals surface area contributed by atoms with Crippen molar-refractivity contribution in [2.45, 2.75) is 19.9 Å². The van der Waals surface area contributed by atoms with Gasteiger partial charge in [0.1, 0.15) is 0 Å². The standard InChI is InChI=1S/C21H30N4O2S/c1-6-20(26)22-17-9-10-18(24(4)5)16(14-17)15-25(12-11-23(2)3)21(27)19-8-7-13-28-19/h7-10,13-14H,6,11-12,15H2,1-5H3,(H,22,26). The molecule has 28 heavy (non-hydrogen) atoms. The number of carbonyl (C=O) groups is 2. The molecule has 0 saturated heterocycles. The first-order valence-corrected chi connectivity index (χ1v) is 10.3. The SMILES string of the molecule is CCC(=O)Nc1ccc(N(C)C)c(CN(CCN(C)C)C(=O)c2cccs2)c1. The average molecular weight is 403 g/mol. The smallest absolute Gasteiger partial charge is 0.264 e. The number of rotatable bonds is 9. The topological polar surface area (TPSA) is 55.9 Å². The highest BCUT2D eigenvalue weighted by atomic mass is 32.1. The molecule has 1 aromatic carbocycles. The first-order valence-electron chi connectivity index (χ1n) is 9.39. The summed E-state index contributed by atoms with van der Waals surface area (Å²) in [7, 11) is 7.96. The molecule has 0 spiro atoms. The van der Waals surface area contributed by atoms with Gasteiger partial charge in [0.25, 0.3) is 5.91 Å². The summed E-state index contributed by atoms with van der Waals surface area (Å²) in [5.74, 6) is 0.00670. The van der Waals surface area contributed by atoms with Crippen LogP contribution < -0.4 is 10.2 Å². The van der Waals surface area contributed by atoms with E-state index in [1.165, 1.54) is 11.3 Å². The fourth-order valence-corrected chi connectivity index (χ4v) is 3.50. The van der Waals surface area contributed by atoms with Gasteiger partial charge >= 0.3 is 0 Å². The third kappa shape index (κ3) is 6.07. The molecule has 0 atom stereocenters. The van der Waals surface area contributed by atoms with Crippen molar-refractivity contribution in [1.82, 2.24) is 9.80 Å². The van der Waals surface area contributed by atoms with Gasteiger partial charge in [0, 0.05) is 51.5 Å². The van der Waals surface area contributed by atoms with E-state index in [4.69, 9.17) is 0 Å². The molecule has 1 heterocycles. The van der Waals surface area contributed by atoms with Crippen molar-refractivity contribution in [2.24, 2.45) is 0 Å². The Kier molecular flexibility index (Phi) is 8.02. The molecule has 0 saturated carbocycles. The Balaban J connectivity index is 2.32. The molecule has 2 aromatic rings. The summed E-state index contributed by atoms with van der Waals surface area (Å²) in [4.78, 5) is 31.5. The number of anilines is 2. The second-order valence-corrected chi connectivity index (χ2v) is 8.09. The van der Waals surface area contributed by atoms with Crippen molar-refractivity contribution in [2.75, 3.05) is 51.5 Å². The normalized spacial score (nSPS) is 10.8. The molecule has 0 aliphatic rings. The zero-order valence-corrected chi connectivity index (χ0v) is 18.2. The maximum Gasteiger partial charge on any atom is 0.264 e. The van der Waals surface area contributed by atoms with Gasteiger partial charge in [-0.05, 0) is 49.3 Å². The summed E-state index contributed by atoms with van der Waals surface area (Å²) in [5.41, 5.74) is 2.79. The Bertz CT molecular complexity index is 788. The average Bonchev–Trinajstić information content (AvgIpc) is 3.18. The molecule has 2 rings (SSSR count). The lowest BCUT2D eigenvalue weighted by Crippen LogP contribution is -2.36. The maximum atomic E-state index is 13.0. The van der Waals surface area contributed by atoms with Crippen LogP contribution in [0.4, 0.5) is 11.4 Å². The number of nitrogens with one attached hydrogen (secondary N) is 1. The molecule has 0 radical (unpaired) electrons. The number of benzene rings is 1. The molecule has 0 aliphatic carbocycles. The second-order valence-electron chi connectivity index (χ2n) is 7.15. The predicted octanol–water partition coefficient (Wildman–Crippen LogP) is 3.37. The van der Waals surface area contributed by atoms with Gasteiger partial charge in [0.05, 0.1) is 4.88 Å². The van der Waals surface area contributed by atoms with Crippen LogP contribution in [0.5, 0.6) is 0 Å². The van der Waals surface area contributed by atoms with Gasteiger partial charge in [-0.25, -0.2) is 0 Å². The third-order valence-electron chi connectivity index (χ3n) is 4.36. The Hall–Kier alpha value is -2.38. The van der Waals surface area contributed by atoms with Crippen LogP contribution in [0.15, 0.2) is 35.7 Å². The summed E-state index contributed by atoms with van der Waals surface area (Å²) >= 11 is 1.46. The van der Waals surface area contributed by atoms with Crippen LogP contribution in [0.3, 0.4) is 0 Å². The fraction of sp³-hybridized carbons (Fsp3) is 0.429. The third-order valence-corrected chi connectivity index (χ3v) is 5.22. The van der Waals surface area contributed by atoms with Crippen molar-refractivity contribution in [3.05, 3.63) is 46.2 Å². The minimum absolute atomic E-state index is 0.0253. The van der Waals surface area contributed by atoms with Gasteiger partial charge in [-0.3, -0.25) is 9.59 Å². The molecule has 1 aromatic heterocycles. The Morgan fingerprint density at radius 3 is 2.39 bits per heavy atom. The molecule has 0 aliphatic heterocycles. The fourth-order valence-electron chi connectivity index (χ4n) is 2.81. The lowest BCUT2D eigenvalue weighted by molar-refractivity contribution is -0.115. The van der Waals surface area contributed by atoms with Gasteiger partial charge in [-0.15, -0.1) is 11.3 Å². The number of carbonyl (C=O) groups excluding carboxylic acids is 2. The van der Waals surface area contributed by atoms with Gasteiger partial charge in [0.15, 0.2) is 0 Å². The molecular formula is C21H30N4O2S. The minimum Gasteiger partial charge on any atom is -0.377 e. The van der Waals surface area contributed by atoms with Crippen LogP contribution in [-0.2, 0) is 11.3 Å². The molecule has 7 heteroatoms. The largest absolute Gasteiger partial charge is 0.377 e. The van der Waals surface area contributed by atoms with E-state index in [1.54, 1.807) is 0 Å². The van der Waals surface area contributed by atoms with Crippen molar-refractivity contribution < 1.29 is 9.59 Å². The number of nitrogens with zero attached hydrogens (tertiary/aromatic N) is 3. The highest BCUT2D eigenvalue weighted by molar-refractivity contribution is 7.12. The first-order chi connectivity index (χ1) is 13.3. The van der Waals surface area contributed by atoms with Crippen molar-refractivity contribution >= 4 is 34.5 Å². The zero-order chi connectivity index (χ0) is 20.7. The Labute approximate surface area is 171 Å². The number of hydrogen-bond acceptors (Lipinski definition) is 5. The second kappa shape index (κ2) is 10.2. The first kappa shape index (κ1) is 21.9. The van der Waals surface area contributed by atoms with E-state index < -0.39 is 0 Å². The van der Waals surface area contributed by atoms with Crippen molar-refractivity contribution in [1.29, 1.82) is 0 Å².